The Morgan fingerprint density at radius 2 is 2.56 bits per heavy atom. The van der Waals surface area contributed by atoms with Crippen molar-refractivity contribution < 1.29 is 9.52 Å². The van der Waals surface area contributed by atoms with E-state index in [4.69, 9.17) is 15.3 Å². The van der Waals surface area contributed by atoms with Crippen molar-refractivity contribution in [2.24, 2.45) is 5.73 Å². The molecule has 1 aromatic heterocycles. The lowest BCUT2D eigenvalue weighted by molar-refractivity contribution is 0.158. The maximum Gasteiger partial charge on any atom is 0.133 e. The molecule has 0 spiro atoms. The van der Waals surface area contributed by atoms with Gasteiger partial charge in [0.15, 0.2) is 0 Å². The first kappa shape index (κ1) is 6.32. The van der Waals surface area contributed by atoms with Gasteiger partial charge in [0, 0.05) is 6.54 Å². The van der Waals surface area contributed by atoms with E-state index in [0.717, 1.165) is 0 Å². The lowest BCUT2D eigenvalue weighted by atomic mass is 10.3. The Kier molecular flexibility index (Phi) is 1.87. The fourth-order valence-corrected chi connectivity index (χ4v) is 0.597. The van der Waals surface area contributed by atoms with E-state index in [-0.39, 0.29) is 6.54 Å². The monoisotopic (exact) mass is 127 g/mol. The van der Waals surface area contributed by atoms with Gasteiger partial charge in [-0.05, 0) is 12.1 Å². The molecule has 0 unspecified atom stereocenters. The van der Waals surface area contributed by atoms with E-state index >= 15 is 0 Å². The summed E-state index contributed by atoms with van der Waals surface area (Å²) in [6.45, 7) is 0.202. The molecule has 3 N–H and O–H groups in total. The minimum absolute atomic E-state index is 0.202. The van der Waals surface area contributed by atoms with E-state index in [2.05, 4.69) is 0 Å². The van der Waals surface area contributed by atoms with E-state index < -0.39 is 6.10 Å². The highest BCUT2D eigenvalue weighted by Crippen LogP contribution is 2.10. The summed E-state index contributed by atoms with van der Waals surface area (Å²) in [6.07, 6.45) is 0.855. The van der Waals surface area contributed by atoms with Crippen molar-refractivity contribution in [1.82, 2.24) is 0 Å². The molecule has 0 aliphatic carbocycles. The van der Waals surface area contributed by atoms with Crippen LogP contribution in [0.2, 0.25) is 0 Å². The van der Waals surface area contributed by atoms with Crippen LogP contribution in [0.1, 0.15) is 11.9 Å². The van der Waals surface area contributed by atoms with E-state index in [1.54, 1.807) is 12.1 Å². The number of aliphatic hydroxyl groups is 1. The fourth-order valence-electron chi connectivity index (χ4n) is 0.597. The normalized spacial score (nSPS) is 13.6. The number of rotatable bonds is 2. The van der Waals surface area contributed by atoms with Crippen LogP contribution in [-0.4, -0.2) is 11.7 Å². The van der Waals surface area contributed by atoms with Crippen molar-refractivity contribution in [1.29, 1.82) is 0 Å². The highest BCUT2D eigenvalue weighted by molar-refractivity contribution is 5.01. The van der Waals surface area contributed by atoms with Crippen LogP contribution in [0.25, 0.3) is 0 Å². The van der Waals surface area contributed by atoms with Gasteiger partial charge < -0.3 is 15.3 Å². The van der Waals surface area contributed by atoms with Gasteiger partial charge in [0.1, 0.15) is 11.9 Å². The summed E-state index contributed by atoms with van der Waals surface area (Å²) in [5.41, 5.74) is 5.15. The molecule has 1 aromatic rings. The molecule has 9 heavy (non-hydrogen) atoms. The van der Waals surface area contributed by atoms with E-state index in [1.165, 1.54) is 6.26 Å². The SMILES string of the molecule is NC[C@@H](O)c1ccco1. The van der Waals surface area contributed by atoms with E-state index in [9.17, 15) is 0 Å². The molecule has 50 valence electrons. The second-order valence-electron chi connectivity index (χ2n) is 1.77. The van der Waals surface area contributed by atoms with Crippen molar-refractivity contribution in [2.75, 3.05) is 6.54 Å². The number of aliphatic hydroxyl groups excluding tert-OH is 1. The van der Waals surface area contributed by atoms with Gasteiger partial charge >= 0.3 is 0 Å². The maximum atomic E-state index is 9.00. The zero-order valence-corrected chi connectivity index (χ0v) is 4.95. The fraction of sp³-hybridized carbons (Fsp3) is 0.333. The molecular weight excluding hydrogens is 118 g/mol. The Labute approximate surface area is 53.1 Å². The molecule has 0 bridgehead atoms. The predicted molar refractivity (Wildman–Crippen MR) is 32.7 cm³/mol. The number of hydrogen-bond acceptors (Lipinski definition) is 3. The smallest absolute Gasteiger partial charge is 0.133 e. The minimum atomic E-state index is -0.653. The molecule has 1 heterocycles. The lowest BCUT2D eigenvalue weighted by Gasteiger charge is -2.00. The molecule has 0 radical (unpaired) electrons. The van der Waals surface area contributed by atoms with Crippen molar-refractivity contribution in [3.63, 3.8) is 0 Å². The van der Waals surface area contributed by atoms with Crippen LogP contribution in [0.3, 0.4) is 0 Å². The largest absolute Gasteiger partial charge is 0.467 e. The Bertz CT molecular complexity index is 160. The molecule has 0 fully saturated rings. The molecule has 0 aliphatic rings. The molecule has 0 aliphatic heterocycles. The second kappa shape index (κ2) is 2.66. The Morgan fingerprint density at radius 1 is 1.78 bits per heavy atom. The van der Waals surface area contributed by atoms with Gasteiger partial charge in [0.25, 0.3) is 0 Å². The highest BCUT2D eigenvalue weighted by Gasteiger charge is 2.05. The van der Waals surface area contributed by atoms with Crippen LogP contribution in [-0.2, 0) is 0 Å². The van der Waals surface area contributed by atoms with Gasteiger partial charge in [-0.25, -0.2) is 0 Å². The quantitative estimate of drug-likeness (QED) is 0.599. The summed E-state index contributed by atoms with van der Waals surface area (Å²) in [5, 5.41) is 9.00. The average molecular weight is 127 g/mol. The molecule has 3 heteroatoms. The maximum absolute atomic E-state index is 9.00. The molecule has 0 saturated heterocycles. The standard InChI is InChI=1S/C6H9NO2/c7-4-5(8)6-2-1-3-9-6/h1-3,5,8H,4,7H2/t5-/m1/s1. The Morgan fingerprint density at radius 3 is 3.00 bits per heavy atom. The molecule has 1 rings (SSSR count). The Balaban J connectivity index is 2.65. The number of hydrogen-bond donors (Lipinski definition) is 2. The third-order valence-corrected chi connectivity index (χ3v) is 1.09. The molecule has 3 nitrogen and oxygen atoms in total. The minimum Gasteiger partial charge on any atom is -0.467 e. The first-order chi connectivity index (χ1) is 4.34. The van der Waals surface area contributed by atoms with E-state index in [0.29, 0.717) is 5.76 Å². The van der Waals surface area contributed by atoms with Crippen LogP contribution in [0.4, 0.5) is 0 Å². The molecular formula is C6H9NO2. The Hall–Kier alpha value is -0.800. The molecule has 0 amide bonds. The van der Waals surface area contributed by atoms with Gasteiger partial charge in [-0.15, -0.1) is 0 Å². The number of nitrogens with two attached hydrogens (primary N) is 1. The first-order valence-electron chi connectivity index (χ1n) is 2.76. The highest BCUT2D eigenvalue weighted by atomic mass is 16.4. The van der Waals surface area contributed by atoms with Gasteiger partial charge in [0.2, 0.25) is 0 Å². The molecule has 1 atom stereocenters. The third kappa shape index (κ3) is 1.31. The number of furan rings is 1. The zero-order chi connectivity index (χ0) is 6.69. The van der Waals surface area contributed by atoms with Crippen LogP contribution in [0.5, 0.6) is 0 Å². The summed E-state index contributed by atoms with van der Waals surface area (Å²) in [7, 11) is 0. The lowest BCUT2D eigenvalue weighted by Crippen LogP contribution is -2.10. The summed E-state index contributed by atoms with van der Waals surface area (Å²) >= 11 is 0. The van der Waals surface area contributed by atoms with Crippen molar-refractivity contribution in [3.05, 3.63) is 24.2 Å². The van der Waals surface area contributed by atoms with Gasteiger partial charge in [-0.2, -0.15) is 0 Å². The van der Waals surface area contributed by atoms with Crippen LogP contribution in [0, 0.1) is 0 Å². The topological polar surface area (TPSA) is 59.4 Å². The van der Waals surface area contributed by atoms with Crippen LogP contribution >= 0.6 is 0 Å². The third-order valence-electron chi connectivity index (χ3n) is 1.09. The summed E-state index contributed by atoms with van der Waals surface area (Å²) in [4.78, 5) is 0. The predicted octanol–water partition coefficient (Wildman–Crippen LogP) is 0.272. The summed E-state index contributed by atoms with van der Waals surface area (Å²) in [5.74, 6) is 0.525. The van der Waals surface area contributed by atoms with Crippen molar-refractivity contribution >= 4 is 0 Å². The van der Waals surface area contributed by atoms with Crippen molar-refractivity contribution in [2.45, 2.75) is 6.10 Å². The molecule has 0 aromatic carbocycles. The van der Waals surface area contributed by atoms with Gasteiger partial charge in [-0.3, -0.25) is 0 Å². The average Bonchev–Trinajstić information content (AvgIpc) is 2.37. The van der Waals surface area contributed by atoms with E-state index in [1.807, 2.05) is 0 Å². The first-order valence-corrected chi connectivity index (χ1v) is 2.76. The second-order valence-corrected chi connectivity index (χ2v) is 1.77. The zero-order valence-electron chi connectivity index (χ0n) is 4.95. The van der Waals surface area contributed by atoms with Gasteiger partial charge in [0.05, 0.1) is 6.26 Å². The van der Waals surface area contributed by atoms with Gasteiger partial charge in [-0.1, -0.05) is 0 Å². The van der Waals surface area contributed by atoms with Crippen LogP contribution < -0.4 is 5.73 Å². The van der Waals surface area contributed by atoms with Crippen LogP contribution in [0.15, 0.2) is 22.8 Å². The molecule has 0 saturated carbocycles. The van der Waals surface area contributed by atoms with Crippen molar-refractivity contribution in [3.8, 4) is 0 Å². The summed E-state index contributed by atoms with van der Waals surface area (Å²) in [6, 6.07) is 3.41. The summed E-state index contributed by atoms with van der Waals surface area (Å²) < 4.78 is 4.86.